The number of rotatable bonds is 6. The largest absolute Gasteiger partial charge is 0.346 e. The number of hydrogen-bond donors (Lipinski definition) is 1. The van der Waals surface area contributed by atoms with Crippen LogP contribution in [0.2, 0.25) is 0 Å². The highest BCUT2D eigenvalue weighted by molar-refractivity contribution is 5.81. The van der Waals surface area contributed by atoms with E-state index in [1.54, 1.807) is 0 Å². The van der Waals surface area contributed by atoms with Gasteiger partial charge in [0.15, 0.2) is 5.82 Å². The van der Waals surface area contributed by atoms with Crippen molar-refractivity contribution in [1.29, 1.82) is 0 Å². The third kappa shape index (κ3) is 4.45. The van der Waals surface area contributed by atoms with Gasteiger partial charge in [-0.3, -0.25) is 9.69 Å². The summed E-state index contributed by atoms with van der Waals surface area (Å²) >= 11 is 0. The lowest BCUT2D eigenvalue weighted by Crippen LogP contribution is -2.31. The molecule has 0 spiro atoms. The van der Waals surface area contributed by atoms with Crippen LogP contribution in [0.4, 0.5) is 0 Å². The summed E-state index contributed by atoms with van der Waals surface area (Å²) in [6, 6.07) is 10.3. The van der Waals surface area contributed by atoms with Crippen molar-refractivity contribution in [2.45, 2.75) is 38.8 Å². The minimum absolute atomic E-state index is 0.0936. The Morgan fingerprint density at radius 3 is 2.81 bits per heavy atom. The third-order valence-electron chi connectivity index (χ3n) is 5.32. The Hall–Kier alpha value is -2.47. The van der Waals surface area contributed by atoms with Gasteiger partial charge in [-0.2, -0.15) is 0 Å². The second-order valence-electron chi connectivity index (χ2n) is 7.49. The molecule has 1 atom stereocenters. The van der Waals surface area contributed by atoms with Gasteiger partial charge in [-0.1, -0.05) is 42.5 Å². The van der Waals surface area contributed by atoms with Gasteiger partial charge in [-0.05, 0) is 25.3 Å². The van der Waals surface area contributed by atoms with Gasteiger partial charge in [-0.15, -0.1) is 10.2 Å². The molecule has 0 radical (unpaired) electrons. The second-order valence-corrected chi connectivity index (χ2v) is 7.49. The quantitative estimate of drug-likeness (QED) is 0.854. The molecule has 1 aromatic carbocycles. The number of benzene rings is 1. The van der Waals surface area contributed by atoms with E-state index in [4.69, 9.17) is 0 Å². The molecule has 1 fully saturated rings. The molecule has 6 nitrogen and oxygen atoms in total. The van der Waals surface area contributed by atoms with E-state index in [1.807, 2.05) is 13.0 Å². The summed E-state index contributed by atoms with van der Waals surface area (Å²) in [6.07, 6.45) is 7.31. The lowest BCUT2D eigenvalue weighted by atomic mass is 10.2. The SMILES string of the molecule is CC(NC(=O)C1CC1)c1nnc2n1CCN(CC=Cc1ccccc1)CC2. The van der Waals surface area contributed by atoms with Gasteiger partial charge >= 0.3 is 0 Å². The Morgan fingerprint density at radius 2 is 2.04 bits per heavy atom. The number of nitrogens with one attached hydrogen (secondary N) is 1. The van der Waals surface area contributed by atoms with Crippen molar-refractivity contribution in [3.8, 4) is 0 Å². The second kappa shape index (κ2) is 8.05. The van der Waals surface area contributed by atoms with Crippen molar-refractivity contribution in [1.82, 2.24) is 25.0 Å². The molecule has 2 aliphatic rings. The van der Waals surface area contributed by atoms with Crippen LogP contribution < -0.4 is 5.32 Å². The number of carbonyl (C=O) groups is 1. The average molecular weight is 365 g/mol. The molecule has 1 amide bonds. The molecule has 1 N–H and O–H groups in total. The summed E-state index contributed by atoms with van der Waals surface area (Å²) in [4.78, 5) is 14.5. The number of hydrogen-bond acceptors (Lipinski definition) is 4. The van der Waals surface area contributed by atoms with E-state index < -0.39 is 0 Å². The van der Waals surface area contributed by atoms with Crippen molar-refractivity contribution >= 4 is 12.0 Å². The Balaban J connectivity index is 1.35. The zero-order valence-electron chi connectivity index (χ0n) is 15.8. The fourth-order valence-corrected chi connectivity index (χ4v) is 3.54. The predicted octanol–water partition coefficient (Wildman–Crippen LogP) is 2.44. The first kappa shape index (κ1) is 17.9. The van der Waals surface area contributed by atoms with Crippen LogP contribution in [-0.4, -0.2) is 45.2 Å². The van der Waals surface area contributed by atoms with Crippen molar-refractivity contribution < 1.29 is 4.79 Å². The van der Waals surface area contributed by atoms with Crippen LogP contribution in [0.5, 0.6) is 0 Å². The van der Waals surface area contributed by atoms with Gasteiger partial charge in [0.1, 0.15) is 5.82 Å². The van der Waals surface area contributed by atoms with Crippen molar-refractivity contribution in [3.05, 3.63) is 53.6 Å². The topological polar surface area (TPSA) is 63.1 Å². The monoisotopic (exact) mass is 365 g/mol. The third-order valence-corrected chi connectivity index (χ3v) is 5.32. The molecule has 0 bridgehead atoms. The Bertz CT molecular complexity index is 809. The molecule has 0 saturated heterocycles. The van der Waals surface area contributed by atoms with Gasteiger partial charge < -0.3 is 9.88 Å². The zero-order chi connectivity index (χ0) is 18.6. The summed E-state index contributed by atoms with van der Waals surface area (Å²) in [5, 5.41) is 11.8. The van der Waals surface area contributed by atoms with Crippen molar-refractivity contribution in [2.75, 3.05) is 19.6 Å². The molecular weight excluding hydrogens is 338 g/mol. The number of amides is 1. The van der Waals surface area contributed by atoms with E-state index >= 15 is 0 Å². The summed E-state index contributed by atoms with van der Waals surface area (Å²) in [7, 11) is 0. The number of carbonyl (C=O) groups excluding carboxylic acids is 1. The van der Waals surface area contributed by atoms with Gasteiger partial charge in [0.05, 0.1) is 6.04 Å². The van der Waals surface area contributed by atoms with E-state index in [9.17, 15) is 4.79 Å². The Kier molecular flexibility index (Phi) is 5.34. The fourth-order valence-electron chi connectivity index (χ4n) is 3.54. The molecule has 27 heavy (non-hydrogen) atoms. The highest BCUT2D eigenvalue weighted by Crippen LogP contribution is 2.29. The van der Waals surface area contributed by atoms with Crippen molar-refractivity contribution in [2.24, 2.45) is 5.92 Å². The molecule has 2 aromatic rings. The highest BCUT2D eigenvalue weighted by atomic mass is 16.2. The molecule has 4 rings (SSSR count). The molecule has 1 aliphatic carbocycles. The lowest BCUT2D eigenvalue weighted by molar-refractivity contribution is -0.123. The first-order valence-electron chi connectivity index (χ1n) is 9.87. The normalized spacial score (nSPS) is 18.9. The van der Waals surface area contributed by atoms with Gasteiger partial charge in [0, 0.05) is 38.5 Å². The van der Waals surface area contributed by atoms with E-state index in [0.29, 0.717) is 0 Å². The first-order valence-corrected chi connectivity index (χ1v) is 9.87. The van der Waals surface area contributed by atoms with Crippen LogP contribution in [0.1, 0.15) is 43.0 Å². The Labute approximate surface area is 160 Å². The first-order chi connectivity index (χ1) is 13.2. The maximum Gasteiger partial charge on any atom is 0.223 e. The van der Waals surface area contributed by atoms with Crippen LogP contribution in [0, 0.1) is 5.92 Å². The number of fused-ring (bicyclic) bond motifs is 1. The minimum Gasteiger partial charge on any atom is -0.346 e. The van der Waals surface area contributed by atoms with Crippen LogP contribution >= 0.6 is 0 Å². The fraction of sp³-hybridized carbons (Fsp3) is 0.476. The standard InChI is InChI=1S/C21H27N5O/c1-16(22-21(27)18-9-10-18)20-24-23-19-11-13-25(14-15-26(19)20)12-5-8-17-6-3-2-4-7-17/h2-8,16,18H,9-15H2,1H3,(H,22,27). The molecule has 1 saturated carbocycles. The van der Waals surface area contributed by atoms with Crippen molar-refractivity contribution in [3.63, 3.8) is 0 Å². The maximum atomic E-state index is 12.0. The summed E-state index contributed by atoms with van der Waals surface area (Å²) in [6.45, 7) is 5.72. The van der Waals surface area contributed by atoms with E-state index in [1.165, 1.54) is 5.56 Å². The minimum atomic E-state index is -0.0936. The lowest BCUT2D eigenvalue weighted by Gasteiger charge is -2.18. The smallest absolute Gasteiger partial charge is 0.223 e. The van der Waals surface area contributed by atoms with E-state index in [0.717, 1.165) is 57.1 Å². The van der Waals surface area contributed by atoms with E-state index in [-0.39, 0.29) is 17.9 Å². The van der Waals surface area contributed by atoms with Crippen LogP contribution in [0.15, 0.2) is 36.4 Å². The molecule has 142 valence electrons. The molecular formula is C21H27N5O. The van der Waals surface area contributed by atoms with E-state index in [2.05, 4.69) is 61.4 Å². The summed E-state index contributed by atoms with van der Waals surface area (Å²) < 4.78 is 2.19. The number of aromatic nitrogens is 3. The molecule has 1 aliphatic heterocycles. The number of nitrogens with zero attached hydrogens (tertiary/aromatic N) is 4. The van der Waals surface area contributed by atoms with Crippen LogP contribution in [0.25, 0.3) is 6.08 Å². The van der Waals surface area contributed by atoms with Gasteiger partial charge in [0.2, 0.25) is 5.91 Å². The maximum absolute atomic E-state index is 12.0. The summed E-state index contributed by atoms with van der Waals surface area (Å²) in [5.74, 6) is 2.26. The van der Waals surface area contributed by atoms with Crippen LogP contribution in [-0.2, 0) is 17.8 Å². The molecule has 1 unspecified atom stereocenters. The molecule has 1 aromatic heterocycles. The zero-order valence-corrected chi connectivity index (χ0v) is 15.8. The average Bonchev–Trinajstić information content (AvgIpc) is 3.48. The summed E-state index contributed by atoms with van der Waals surface area (Å²) in [5.41, 5.74) is 1.23. The Morgan fingerprint density at radius 1 is 1.22 bits per heavy atom. The highest BCUT2D eigenvalue weighted by Gasteiger charge is 2.31. The van der Waals surface area contributed by atoms with Gasteiger partial charge in [-0.25, -0.2) is 0 Å². The van der Waals surface area contributed by atoms with Crippen LogP contribution in [0.3, 0.4) is 0 Å². The van der Waals surface area contributed by atoms with Gasteiger partial charge in [0.25, 0.3) is 0 Å². The molecule has 2 heterocycles. The molecule has 6 heteroatoms. The predicted molar refractivity (Wildman–Crippen MR) is 105 cm³/mol.